The van der Waals surface area contributed by atoms with Crippen molar-refractivity contribution in [2.45, 2.75) is 0 Å². The van der Waals surface area contributed by atoms with Crippen molar-refractivity contribution >= 4 is 60.4 Å². The Morgan fingerprint density at radius 1 is 0.310 bits per heavy atom. The number of fused-ring (bicyclic) bond motifs is 5. The van der Waals surface area contributed by atoms with E-state index in [4.69, 9.17) is 0 Å². The van der Waals surface area contributed by atoms with Crippen LogP contribution in [0.2, 0.25) is 0 Å². The van der Waals surface area contributed by atoms with E-state index in [-0.39, 0.29) is 0 Å². The molecule has 2 nitrogen and oxygen atoms in total. The van der Waals surface area contributed by atoms with E-state index in [1.165, 1.54) is 71.2 Å². The van der Waals surface area contributed by atoms with E-state index in [2.05, 4.69) is 240 Å². The zero-order chi connectivity index (χ0) is 38.4. The van der Waals surface area contributed by atoms with Gasteiger partial charge in [0.2, 0.25) is 0 Å². The molecule has 0 fully saturated rings. The molecule has 0 bridgehead atoms. The molecule has 0 atom stereocenters. The first kappa shape index (κ1) is 33.6. The molecular formula is C56H38N2. The lowest BCUT2D eigenvalue weighted by atomic mass is 9.92. The van der Waals surface area contributed by atoms with E-state index in [9.17, 15) is 0 Å². The van der Waals surface area contributed by atoms with Crippen LogP contribution in [0.1, 0.15) is 0 Å². The molecule has 0 aliphatic heterocycles. The molecule has 0 aliphatic rings. The Kier molecular flexibility index (Phi) is 8.19. The summed E-state index contributed by atoms with van der Waals surface area (Å²) in [4.78, 5) is 2.47. The summed E-state index contributed by atoms with van der Waals surface area (Å²) in [5, 5.41) is 7.34. The second-order valence-electron chi connectivity index (χ2n) is 14.9. The van der Waals surface area contributed by atoms with E-state index in [1.807, 2.05) is 0 Å². The van der Waals surface area contributed by atoms with E-state index >= 15 is 0 Å². The van der Waals surface area contributed by atoms with E-state index in [0.717, 1.165) is 28.3 Å². The third-order valence-electron chi connectivity index (χ3n) is 11.5. The Morgan fingerprint density at radius 3 is 1.47 bits per heavy atom. The fourth-order valence-electron chi connectivity index (χ4n) is 8.91. The third kappa shape index (κ3) is 5.74. The van der Waals surface area contributed by atoms with Gasteiger partial charge in [-0.25, -0.2) is 0 Å². The smallest absolute Gasteiger partial charge is 0.0562 e. The number of anilines is 3. The van der Waals surface area contributed by atoms with Crippen LogP contribution < -0.4 is 4.90 Å². The van der Waals surface area contributed by atoms with Crippen LogP contribution in [0, 0.1) is 0 Å². The highest BCUT2D eigenvalue weighted by Gasteiger charge is 2.23. The molecule has 10 aromatic carbocycles. The molecule has 0 amide bonds. The maximum absolute atomic E-state index is 2.47. The lowest BCUT2D eigenvalue weighted by Gasteiger charge is -2.28. The van der Waals surface area contributed by atoms with Crippen molar-refractivity contribution in [1.82, 2.24) is 4.57 Å². The highest BCUT2D eigenvalue weighted by atomic mass is 15.1. The molecule has 11 rings (SSSR count). The molecule has 272 valence electrons. The van der Waals surface area contributed by atoms with E-state index in [1.54, 1.807) is 0 Å². The van der Waals surface area contributed by atoms with Crippen LogP contribution in [0.5, 0.6) is 0 Å². The van der Waals surface area contributed by atoms with Crippen LogP contribution in [0.3, 0.4) is 0 Å². The summed E-state index contributed by atoms with van der Waals surface area (Å²) < 4.78 is 2.40. The summed E-state index contributed by atoms with van der Waals surface area (Å²) >= 11 is 0. The van der Waals surface area contributed by atoms with Gasteiger partial charge in [-0.15, -0.1) is 0 Å². The van der Waals surface area contributed by atoms with Crippen LogP contribution in [-0.2, 0) is 0 Å². The van der Waals surface area contributed by atoms with Crippen molar-refractivity contribution in [1.29, 1.82) is 0 Å². The highest BCUT2D eigenvalue weighted by molar-refractivity contribution is 6.17. The summed E-state index contributed by atoms with van der Waals surface area (Å²) in [5.41, 5.74) is 13.9. The van der Waals surface area contributed by atoms with Gasteiger partial charge in [-0.3, -0.25) is 0 Å². The fourth-order valence-corrected chi connectivity index (χ4v) is 8.91. The van der Waals surface area contributed by atoms with Gasteiger partial charge in [0.1, 0.15) is 0 Å². The minimum atomic E-state index is 1.09. The lowest BCUT2D eigenvalue weighted by Crippen LogP contribution is -2.11. The molecule has 1 heterocycles. The molecule has 0 radical (unpaired) electrons. The Hall–Kier alpha value is -7.68. The SMILES string of the molecule is c1ccc(-c2ccc(N(c3cc(-c4cccc5ccccc45)cc(-c4cccc5ccccc45)c3)c3cccc4c3c3ccccc3n4-c3ccccc3)cc2)cc1. The van der Waals surface area contributed by atoms with E-state index < -0.39 is 0 Å². The van der Waals surface area contributed by atoms with Crippen LogP contribution >= 0.6 is 0 Å². The Balaban J connectivity index is 1.23. The van der Waals surface area contributed by atoms with Gasteiger partial charge in [0, 0.05) is 27.8 Å². The lowest BCUT2D eigenvalue weighted by molar-refractivity contribution is 1.18. The van der Waals surface area contributed by atoms with Gasteiger partial charge >= 0.3 is 0 Å². The number of para-hydroxylation sites is 2. The highest BCUT2D eigenvalue weighted by Crippen LogP contribution is 2.47. The van der Waals surface area contributed by atoms with E-state index in [0.29, 0.717) is 0 Å². The number of rotatable bonds is 7. The second kappa shape index (κ2) is 14.1. The predicted molar refractivity (Wildman–Crippen MR) is 247 cm³/mol. The minimum Gasteiger partial charge on any atom is -0.310 e. The molecule has 0 saturated carbocycles. The topological polar surface area (TPSA) is 8.17 Å². The second-order valence-corrected chi connectivity index (χ2v) is 14.9. The monoisotopic (exact) mass is 738 g/mol. The molecule has 2 heteroatoms. The number of aromatic nitrogens is 1. The van der Waals surface area contributed by atoms with Gasteiger partial charge in [0.15, 0.2) is 0 Å². The summed E-state index contributed by atoms with van der Waals surface area (Å²) in [7, 11) is 0. The largest absolute Gasteiger partial charge is 0.310 e. The zero-order valence-corrected chi connectivity index (χ0v) is 31.8. The standard InChI is InChI=1S/C56H38N2/c1-3-16-39(17-4-1)40-32-34-46(35-33-40)57(54-30-15-31-55-56(54)52-26-11-12-29-53(52)58(55)45-22-5-2-6-23-45)47-37-43(50-27-13-20-41-18-7-9-24-48(41)50)36-44(38-47)51-28-14-21-42-19-8-10-25-49(42)51/h1-38H. The number of hydrogen-bond acceptors (Lipinski definition) is 1. The summed E-state index contributed by atoms with van der Waals surface area (Å²) in [6, 6.07) is 83.9. The summed E-state index contributed by atoms with van der Waals surface area (Å²) in [6.45, 7) is 0. The summed E-state index contributed by atoms with van der Waals surface area (Å²) in [6.07, 6.45) is 0. The first-order chi connectivity index (χ1) is 28.8. The Morgan fingerprint density at radius 2 is 0.810 bits per heavy atom. The molecule has 1 aromatic heterocycles. The average molecular weight is 739 g/mol. The normalized spacial score (nSPS) is 11.4. The van der Waals surface area contributed by atoms with Crippen molar-refractivity contribution in [2.24, 2.45) is 0 Å². The minimum absolute atomic E-state index is 1.09. The van der Waals surface area contributed by atoms with Crippen molar-refractivity contribution in [3.63, 3.8) is 0 Å². The molecule has 11 aromatic rings. The van der Waals surface area contributed by atoms with Gasteiger partial charge < -0.3 is 9.47 Å². The maximum atomic E-state index is 2.47. The van der Waals surface area contributed by atoms with Crippen molar-refractivity contribution < 1.29 is 0 Å². The van der Waals surface area contributed by atoms with Crippen molar-refractivity contribution in [3.8, 4) is 39.1 Å². The van der Waals surface area contributed by atoms with Crippen LogP contribution in [0.15, 0.2) is 231 Å². The molecule has 0 saturated heterocycles. The van der Waals surface area contributed by atoms with Gasteiger partial charge in [-0.05, 0) is 116 Å². The van der Waals surface area contributed by atoms with Crippen molar-refractivity contribution in [3.05, 3.63) is 231 Å². The molecule has 0 aliphatic carbocycles. The number of benzene rings is 10. The van der Waals surface area contributed by atoms with Crippen LogP contribution in [0.25, 0.3) is 82.4 Å². The summed E-state index contributed by atoms with van der Waals surface area (Å²) in [5.74, 6) is 0. The molecule has 0 unspecified atom stereocenters. The van der Waals surface area contributed by atoms with Gasteiger partial charge in [-0.1, -0.05) is 170 Å². The van der Waals surface area contributed by atoms with Gasteiger partial charge in [0.25, 0.3) is 0 Å². The van der Waals surface area contributed by atoms with Crippen LogP contribution in [-0.4, -0.2) is 4.57 Å². The number of nitrogens with zero attached hydrogens (tertiary/aromatic N) is 2. The fraction of sp³-hybridized carbons (Fsp3) is 0. The Labute approximate surface area is 338 Å². The molecule has 58 heavy (non-hydrogen) atoms. The third-order valence-corrected chi connectivity index (χ3v) is 11.5. The molecule has 0 spiro atoms. The van der Waals surface area contributed by atoms with Crippen LogP contribution in [0.4, 0.5) is 17.1 Å². The average Bonchev–Trinajstić information content (AvgIpc) is 3.64. The Bertz CT molecular complexity index is 3160. The predicted octanol–water partition coefficient (Wildman–Crippen LogP) is 15.6. The zero-order valence-electron chi connectivity index (χ0n) is 31.8. The maximum Gasteiger partial charge on any atom is 0.0562 e. The van der Waals surface area contributed by atoms with Gasteiger partial charge in [0.05, 0.1) is 16.7 Å². The molecule has 0 N–H and O–H groups in total. The number of hydrogen-bond donors (Lipinski definition) is 0. The first-order valence-corrected chi connectivity index (χ1v) is 19.9. The molecular weight excluding hydrogens is 701 g/mol. The first-order valence-electron chi connectivity index (χ1n) is 19.9. The van der Waals surface area contributed by atoms with Crippen molar-refractivity contribution in [2.75, 3.05) is 4.90 Å². The quantitative estimate of drug-likeness (QED) is 0.158. The van der Waals surface area contributed by atoms with Gasteiger partial charge in [-0.2, -0.15) is 0 Å².